The van der Waals surface area contributed by atoms with Crippen molar-refractivity contribution < 1.29 is 31.9 Å². The maximum absolute atomic E-state index is 14.6. The zero-order valence-corrected chi connectivity index (χ0v) is 29.7. The average Bonchev–Trinajstić information content (AvgIpc) is 3.10. The summed E-state index contributed by atoms with van der Waals surface area (Å²) in [7, 11) is -1.68. The molecule has 0 bridgehead atoms. The fraction of sp³-hybridized carbons (Fsp3) is 0.278. The highest BCUT2D eigenvalue weighted by atomic mass is 35.5. The predicted molar refractivity (Wildman–Crippen MR) is 189 cm³/mol. The number of sulfonamides is 1. The first-order valence-electron chi connectivity index (χ1n) is 15.5. The molecule has 0 aliphatic heterocycles. The number of carbonyl (C=O) groups is 2. The second kappa shape index (κ2) is 17.4. The number of nitrogens with one attached hydrogen (secondary N) is 1. The molecule has 13 heteroatoms. The molecular weight excluding hydrogens is 692 g/mol. The van der Waals surface area contributed by atoms with E-state index in [4.69, 9.17) is 32.7 Å². The Bertz CT molecular complexity index is 1850. The topological polar surface area (TPSA) is 105 Å². The predicted octanol–water partition coefficient (Wildman–Crippen LogP) is 6.90. The van der Waals surface area contributed by atoms with E-state index in [1.165, 1.54) is 49.5 Å². The van der Waals surface area contributed by atoms with Crippen molar-refractivity contribution in [3.8, 4) is 11.5 Å². The Hall–Kier alpha value is -4.32. The molecule has 0 aromatic heterocycles. The Morgan fingerprint density at radius 2 is 1.55 bits per heavy atom. The van der Waals surface area contributed by atoms with Gasteiger partial charge in [-0.2, -0.15) is 0 Å². The lowest BCUT2D eigenvalue weighted by atomic mass is 10.0. The number of rotatable bonds is 16. The van der Waals surface area contributed by atoms with Crippen molar-refractivity contribution in [2.45, 2.75) is 43.7 Å². The Morgan fingerprint density at radius 3 is 2.18 bits per heavy atom. The van der Waals surface area contributed by atoms with Gasteiger partial charge in [-0.25, -0.2) is 12.8 Å². The zero-order valence-electron chi connectivity index (χ0n) is 27.4. The van der Waals surface area contributed by atoms with Gasteiger partial charge in [-0.1, -0.05) is 72.9 Å². The molecule has 0 heterocycles. The summed E-state index contributed by atoms with van der Waals surface area (Å²) < 4.78 is 54.1. The first kappa shape index (κ1) is 37.5. The van der Waals surface area contributed by atoms with Gasteiger partial charge in [-0.15, -0.1) is 0 Å². The number of amides is 2. The van der Waals surface area contributed by atoms with Gasteiger partial charge < -0.3 is 19.7 Å². The summed E-state index contributed by atoms with van der Waals surface area (Å²) in [6, 6.07) is 21.8. The number of methoxy groups -OCH3 is 2. The molecule has 260 valence electrons. The molecule has 1 atom stereocenters. The van der Waals surface area contributed by atoms with Gasteiger partial charge in [0, 0.05) is 25.6 Å². The number of halogens is 3. The third kappa shape index (κ3) is 9.65. The Kier molecular flexibility index (Phi) is 13.3. The zero-order chi connectivity index (χ0) is 35.6. The molecule has 1 N–H and O–H groups in total. The van der Waals surface area contributed by atoms with Crippen molar-refractivity contribution in [1.29, 1.82) is 0 Å². The summed E-state index contributed by atoms with van der Waals surface area (Å²) >= 11 is 12.5. The largest absolute Gasteiger partial charge is 0.493 e. The second-order valence-electron chi connectivity index (χ2n) is 11.1. The van der Waals surface area contributed by atoms with Crippen LogP contribution in [0.15, 0.2) is 95.9 Å². The van der Waals surface area contributed by atoms with Gasteiger partial charge in [0.2, 0.25) is 11.8 Å². The maximum atomic E-state index is 14.6. The number of hydrogen-bond donors (Lipinski definition) is 1. The lowest BCUT2D eigenvalue weighted by Gasteiger charge is -2.34. The first-order valence-corrected chi connectivity index (χ1v) is 17.7. The molecule has 4 rings (SSSR count). The number of ether oxygens (including phenoxy) is 2. The van der Waals surface area contributed by atoms with Gasteiger partial charge in [0.25, 0.3) is 10.0 Å². The van der Waals surface area contributed by atoms with Crippen molar-refractivity contribution in [3.63, 3.8) is 0 Å². The number of carbonyl (C=O) groups excluding carboxylic acids is 2. The van der Waals surface area contributed by atoms with Crippen LogP contribution in [0.4, 0.5) is 10.1 Å². The standard InChI is InChI=1S/C36H38Cl2FN3O6S/c1-4-5-19-40-36(44)32(21-25-9-7-6-8-10-25)41(23-26-11-17-30(37)31(38)20-26)35(43)24-42(28-14-12-27(39)13-15-28)49(45,46)29-16-18-33(47-2)34(22-29)48-3/h6-18,20,22,32H,4-5,19,21,23-24H2,1-3H3,(H,40,44). The van der Waals surface area contributed by atoms with Crippen LogP contribution in [-0.2, 0) is 32.6 Å². The van der Waals surface area contributed by atoms with Gasteiger partial charge in [0.1, 0.15) is 18.4 Å². The Balaban J connectivity index is 1.82. The third-order valence-electron chi connectivity index (χ3n) is 7.77. The summed E-state index contributed by atoms with van der Waals surface area (Å²) in [5.41, 5.74) is 1.39. The van der Waals surface area contributed by atoms with Crippen LogP contribution >= 0.6 is 23.2 Å². The second-order valence-corrected chi connectivity index (χ2v) is 13.8. The molecule has 2 amide bonds. The van der Waals surface area contributed by atoms with Crippen LogP contribution in [0.5, 0.6) is 11.5 Å². The summed E-state index contributed by atoms with van der Waals surface area (Å²) in [6.45, 7) is 1.57. The number of hydrogen-bond acceptors (Lipinski definition) is 6. The normalized spacial score (nSPS) is 11.8. The van der Waals surface area contributed by atoms with Crippen LogP contribution in [0.2, 0.25) is 10.0 Å². The lowest BCUT2D eigenvalue weighted by molar-refractivity contribution is -0.140. The molecule has 1 unspecified atom stereocenters. The smallest absolute Gasteiger partial charge is 0.264 e. The maximum Gasteiger partial charge on any atom is 0.264 e. The van der Waals surface area contributed by atoms with Gasteiger partial charge in [-0.05, 0) is 66.1 Å². The van der Waals surface area contributed by atoms with Crippen LogP contribution in [0, 0.1) is 5.82 Å². The van der Waals surface area contributed by atoms with Crippen molar-refractivity contribution in [2.24, 2.45) is 0 Å². The van der Waals surface area contributed by atoms with Crippen molar-refractivity contribution in [2.75, 3.05) is 31.6 Å². The number of anilines is 1. The Labute approximate surface area is 296 Å². The van der Waals surface area contributed by atoms with Gasteiger partial charge in [-0.3, -0.25) is 13.9 Å². The minimum absolute atomic E-state index is 0.0334. The molecule has 0 aliphatic rings. The first-order chi connectivity index (χ1) is 23.5. The van der Waals surface area contributed by atoms with E-state index in [1.54, 1.807) is 18.2 Å². The SMILES string of the molecule is CCCCNC(=O)C(Cc1ccccc1)N(Cc1ccc(Cl)c(Cl)c1)C(=O)CN(c1ccc(F)cc1)S(=O)(=O)c1ccc(OC)c(OC)c1. The molecular formula is C36H38Cl2FN3O6S. The number of nitrogens with zero attached hydrogens (tertiary/aromatic N) is 2. The molecule has 0 spiro atoms. The van der Waals surface area contributed by atoms with Gasteiger partial charge >= 0.3 is 0 Å². The fourth-order valence-electron chi connectivity index (χ4n) is 5.14. The number of benzene rings is 4. The molecule has 4 aromatic carbocycles. The number of unbranched alkanes of at least 4 members (excludes halogenated alkanes) is 1. The molecule has 9 nitrogen and oxygen atoms in total. The van der Waals surface area contributed by atoms with E-state index >= 15 is 0 Å². The van der Waals surface area contributed by atoms with Crippen molar-refractivity contribution >= 4 is 50.7 Å². The highest BCUT2D eigenvalue weighted by Gasteiger charge is 2.35. The van der Waals surface area contributed by atoms with E-state index in [9.17, 15) is 22.4 Å². The molecule has 0 aliphatic carbocycles. The molecule has 49 heavy (non-hydrogen) atoms. The Morgan fingerprint density at radius 1 is 0.857 bits per heavy atom. The third-order valence-corrected chi connectivity index (χ3v) is 10.3. The highest BCUT2D eigenvalue weighted by Crippen LogP contribution is 2.33. The highest BCUT2D eigenvalue weighted by molar-refractivity contribution is 7.92. The molecule has 0 fully saturated rings. The van der Waals surface area contributed by atoms with Crippen LogP contribution in [0.1, 0.15) is 30.9 Å². The quantitative estimate of drug-likeness (QED) is 0.126. The minimum Gasteiger partial charge on any atom is -0.493 e. The van der Waals surface area contributed by atoms with Crippen molar-refractivity contribution in [3.05, 3.63) is 118 Å². The van der Waals surface area contributed by atoms with E-state index in [2.05, 4.69) is 5.32 Å². The van der Waals surface area contributed by atoms with E-state index in [-0.39, 0.29) is 34.3 Å². The monoisotopic (exact) mass is 729 g/mol. The van der Waals surface area contributed by atoms with E-state index in [0.717, 1.165) is 34.8 Å². The molecule has 0 saturated carbocycles. The minimum atomic E-state index is -4.47. The molecule has 0 saturated heterocycles. The van der Waals surface area contributed by atoms with E-state index < -0.39 is 40.2 Å². The summed E-state index contributed by atoms with van der Waals surface area (Å²) in [5.74, 6) is -1.22. The molecule has 4 aromatic rings. The van der Waals surface area contributed by atoms with Crippen LogP contribution in [0.25, 0.3) is 0 Å². The summed E-state index contributed by atoms with van der Waals surface area (Å²) in [6.07, 6.45) is 1.72. The van der Waals surface area contributed by atoms with Crippen molar-refractivity contribution in [1.82, 2.24) is 10.2 Å². The van der Waals surface area contributed by atoms with Crippen LogP contribution < -0.4 is 19.1 Å². The van der Waals surface area contributed by atoms with Gasteiger partial charge in [0.15, 0.2) is 11.5 Å². The van der Waals surface area contributed by atoms with Gasteiger partial charge in [0.05, 0.1) is 34.8 Å². The average molecular weight is 731 g/mol. The van der Waals surface area contributed by atoms with Crippen LogP contribution in [-0.4, -0.2) is 58.5 Å². The van der Waals surface area contributed by atoms with E-state index in [1.807, 2.05) is 37.3 Å². The fourth-order valence-corrected chi connectivity index (χ4v) is 6.89. The summed E-state index contributed by atoms with van der Waals surface area (Å²) in [4.78, 5) is 29.6. The van der Waals surface area contributed by atoms with E-state index in [0.29, 0.717) is 22.9 Å². The summed E-state index contributed by atoms with van der Waals surface area (Å²) in [5, 5.41) is 3.50. The lowest BCUT2D eigenvalue weighted by Crippen LogP contribution is -2.53. The van der Waals surface area contributed by atoms with Crippen LogP contribution in [0.3, 0.4) is 0 Å². The molecule has 0 radical (unpaired) electrons.